The number of hydrogen-bond donors (Lipinski definition) is 0. The van der Waals surface area contributed by atoms with Gasteiger partial charge in [-0.2, -0.15) is 0 Å². The van der Waals surface area contributed by atoms with Crippen molar-refractivity contribution in [1.82, 2.24) is 0 Å². The molecule has 2 aliphatic carbocycles. The molecule has 0 N–H and O–H groups in total. The van der Waals surface area contributed by atoms with Crippen molar-refractivity contribution in [2.45, 2.75) is 77.6 Å². The molecule has 2 saturated carbocycles. The van der Waals surface area contributed by atoms with Crippen LogP contribution < -0.4 is 0 Å². The number of rotatable bonds is 5. The molecule has 0 aromatic rings. The molecule has 2 heteroatoms. The summed E-state index contributed by atoms with van der Waals surface area (Å²) in [5.74, 6) is 2.45. The van der Waals surface area contributed by atoms with Crippen LogP contribution in [0.3, 0.4) is 0 Å². The summed E-state index contributed by atoms with van der Waals surface area (Å²) in [7, 11) is 0. The van der Waals surface area contributed by atoms with Gasteiger partial charge in [-0.25, -0.2) is 8.78 Å². The van der Waals surface area contributed by atoms with Crippen molar-refractivity contribution >= 4 is 0 Å². The van der Waals surface area contributed by atoms with E-state index in [1.807, 2.05) is 0 Å². The van der Waals surface area contributed by atoms with E-state index in [4.69, 9.17) is 0 Å². The molecule has 0 saturated heterocycles. The molecular formula is C18H30F2. The van der Waals surface area contributed by atoms with Gasteiger partial charge in [-0.05, 0) is 56.3 Å². The standard InChI is InChI=1S/C18H30F2/c1-3-5-14-6-8-15(9-7-14)16-10-12-18(4-2,13-11-16)17(19)20/h4,14-17H,2-3,5-13H2,1H3. The van der Waals surface area contributed by atoms with Crippen molar-refractivity contribution < 1.29 is 8.78 Å². The van der Waals surface area contributed by atoms with E-state index in [-0.39, 0.29) is 0 Å². The molecule has 0 heterocycles. The first-order valence-corrected chi connectivity index (χ1v) is 8.53. The van der Waals surface area contributed by atoms with Gasteiger partial charge in [0.2, 0.25) is 6.43 Å². The minimum atomic E-state index is -2.23. The Kier molecular flexibility index (Phi) is 5.63. The van der Waals surface area contributed by atoms with Crippen molar-refractivity contribution in [3.63, 3.8) is 0 Å². The SMILES string of the molecule is C=CC1(C(F)F)CCC(C2CCC(CCC)CC2)CC1. The monoisotopic (exact) mass is 284 g/mol. The topological polar surface area (TPSA) is 0 Å². The van der Waals surface area contributed by atoms with Crippen LogP contribution in [0.4, 0.5) is 8.78 Å². The predicted molar refractivity (Wildman–Crippen MR) is 80.9 cm³/mol. The number of allylic oxidation sites excluding steroid dienone is 1. The lowest BCUT2D eigenvalue weighted by molar-refractivity contribution is -0.0152. The molecule has 2 aliphatic rings. The third-order valence-electron chi connectivity index (χ3n) is 6.06. The molecule has 0 aromatic heterocycles. The van der Waals surface area contributed by atoms with Gasteiger partial charge in [0.05, 0.1) is 0 Å². The van der Waals surface area contributed by atoms with Crippen LogP contribution in [0, 0.1) is 23.2 Å². The maximum Gasteiger partial charge on any atom is 0.247 e. The fourth-order valence-electron chi connectivity index (χ4n) is 4.52. The van der Waals surface area contributed by atoms with Crippen molar-refractivity contribution in [3.8, 4) is 0 Å². The largest absolute Gasteiger partial charge is 0.247 e. The van der Waals surface area contributed by atoms with Crippen LogP contribution in [0.15, 0.2) is 12.7 Å². The lowest BCUT2D eigenvalue weighted by atomic mass is 9.64. The highest BCUT2D eigenvalue weighted by atomic mass is 19.3. The molecule has 0 nitrogen and oxygen atoms in total. The molecule has 20 heavy (non-hydrogen) atoms. The summed E-state index contributed by atoms with van der Waals surface area (Å²) < 4.78 is 26.4. The summed E-state index contributed by atoms with van der Waals surface area (Å²) in [5.41, 5.74) is -0.879. The second-order valence-electron chi connectivity index (χ2n) is 7.14. The van der Waals surface area contributed by atoms with Gasteiger partial charge in [0, 0.05) is 5.41 Å². The molecule has 0 aliphatic heterocycles. The minimum Gasteiger partial charge on any atom is -0.210 e. The smallest absolute Gasteiger partial charge is 0.210 e. The van der Waals surface area contributed by atoms with Gasteiger partial charge in [-0.1, -0.05) is 38.7 Å². The fourth-order valence-corrected chi connectivity index (χ4v) is 4.52. The minimum absolute atomic E-state index is 0.647. The highest BCUT2D eigenvalue weighted by Gasteiger charge is 2.42. The highest BCUT2D eigenvalue weighted by Crippen LogP contribution is 2.48. The van der Waals surface area contributed by atoms with Crippen LogP contribution in [0.5, 0.6) is 0 Å². The van der Waals surface area contributed by atoms with Crippen LogP contribution in [0.25, 0.3) is 0 Å². The average molecular weight is 284 g/mol. The second-order valence-corrected chi connectivity index (χ2v) is 7.14. The van der Waals surface area contributed by atoms with Gasteiger partial charge in [0.15, 0.2) is 0 Å². The summed E-state index contributed by atoms with van der Waals surface area (Å²) in [6.45, 7) is 5.94. The number of alkyl halides is 2. The van der Waals surface area contributed by atoms with E-state index in [0.717, 1.165) is 24.7 Å². The summed E-state index contributed by atoms with van der Waals surface area (Å²) in [5, 5.41) is 0. The van der Waals surface area contributed by atoms with Gasteiger partial charge in [-0.15, -0.1) is 6.58 Å². The summed E-state index contributed by atoms with van der Waals surface area (Å²) in [6, 6.07) is 0. The summed E-state index contributed by atoms with van der Waals surface area (Å²) in [4.78, 5) is 0. The Morgan fingerprint density at radius 1 is 1.05 bits per heavy atom. The molecule has 0 radical (unpaired) electrons. The normalized spacial score (nSPS) is 38.9. The van der Waals surface area contributed by atoms with Gasteiger partial charge < -0.3 is 0 Å². The Balaban J connectivity index is 1.81. The quantitative estimate of drug-likeness (QED) is 0.526. The Labute approximate surface area is 123 Å². The van der Waals surface area contributed by atoms with Crippen molar-refractivity contribution in [1.29, 1.82) is 0 Å². The molecule has 0 spiro atoms. The van der Waals surface area contributed by atoms with E-state index in [2.05, 4.69) is 13.5 Å². The molecule has 0 atom stereocenters. The van der Waals surface area contributed by atoms with E-state index in [1.165, 1.54) is 44.6 Å². The van der Waals surface area contributed by atoms with Crippen LogP contribution in [0.2, 0.25) is 0 Å². The third kappa shape index (κ3) is 3.43. The highest BCUT2D eigenvalue weighted by molar-refractivity contribution is 5.00. The molecule has 116 valence electrons. The zero-order valence-corrected chi connectivity index (χ0v) is 12.9. The van der Waals surface area contributed by atoms with Crippen LogP contribution in [0.1, 0.15) is 71.1 Å². The third-order valence-corrected chi connectivity index (χ3v) is 6.06. The Bertz CT molecular complexity index is 295. The zero-order chi connectivity index (χ0) is 14.6. The van der Waals surface area contributed by atoms with Gasteiger partial charge in [-0.3, -0.25) is 0 Å². The van der Waals surface area contributed by atoms with Gasteiger partial charge in [0.1, 0.15) is 0 Å². The van der Waals surface area contributed by atoms with Gasteiger partial charge in [0.25, 0.3) is 0 Å². The van der Waals surface area contributed by atoms with Crippen LogP contribution in [-0.2, 0) is 0 Å². The predicted octanol–water partition coefficient (Wildman–Crippen LogP) is 6.22. The zero-order valence-electron chi connectivity index (χ0n) is 12.9. The first-order chi connectivity index (χ1) is 9.61. The fraction of sp³-hybridized carbons (Fsp3) is 0.889. The van der Waals surface area contributed by atoms with Crippen molar-refractivity contribution in [2.75, 3.05) is 0 Å². The summed E-state index contributed by atoms with van der Waals surface area (Å²) >= 11 is 0. The lowest BCUT2D eigenvalue weighted by Gasteiger charge is -2.42. The van der Waals surface area contributed by atoms with Crippen LogP contribution in [-0.4, -0.2) is 6.43 Å². The van der Waals surface area contributed by atoms with E-state index < -0.39 is 11.8 Å². The number of hydrogen-bond acceptors (Lipinski definition) is 0. The van der Waals surface area contributed by atoms with E-state index in [9.17, 15) is 8.78 Å². The van der Waals surface area contributed by atoms with Crippen molar-refractivity contribution in [2.24, 2.45) is 23.2 Å². The Morgan fingerprint density at radius 3 is 2.05 bits per heavy atom. The Morgan fingerprint density at radius 2 is 1.60 bits per heavy atom. The molecular weight excluding hydrogens is 254 g/mol. The molecule has 0 bridgehead atoms. The van der Waals surface area contributed by atoms with E-state index >= 15 is 0 Å². The van der Waals surface area contributed by atoms with Gasteiger partial charge >= 0.3 is 0 Å². The van der Waals surface area contributed by atoms with E-state index in [1.54, 1.807) is 0 Å². The maximum atomic E-state index is 13.2. The molecule has 2 rings (SSSR count). The van der Waals surface area contributed by atoms with Crippen LogP contribution >= 0.6 is 0 Å². The lowest BCUT2D eigenvalue weighted by Crippen LogP contribution is -2.35. The molecule has 0 aromatic carbocycles. The number of halogens is 2. The first-order valence-electron chi connectivity index (χ1n) is 8.53. The molecule has 2 fully saturated rings. The Hall–Kier alpha value is -0.400. The average Bonchev–Trinajstić information content (AvgIpc) is 2.48. The maximum absolute atomic E-state index is 13.2. The molecule has 0 amide bonds. The van der Waals surface area contributed by atoms with E-state index in [0.29, 0.717) is 18.8 Å². The summed E-state index contributed by atoms with van der Waals surface area (Å²) in [6.07, 6.45) is 10.7. The van der Waals surface area contributed by atoms with Crippen molar-refractivity contribution in [3.05, 3.63) is 12.7 Å². The molecule has 0 unspecified atom stereocenters. The first kappa shape index (κ1) is 16.0. The second kappa shape index (κ2) is 7.04.